The summed E-state index contributed by atoms with van der Waals surface area (Å²) in [6.07, 6.45) is -2.97. The summed E-state index contributed by atoms with van der Waals surface area (Å²) in [5.74, 6) is 0.0467. The van der Waals surface area contributed by atoms with Crippen LogP contribution in [-0.2, 0) is 6.61 Å². The maximum Gasteiger partial charge on any atom is 0.397 e. The first-order valence-corrected chi connectivity index (χ1v) is 8.68. The highest BCUT2D eigenvalue weighted by atomic mass is 35.5. The van der Waals surface area contributed by atoms with E-state index in [1.807, 2.05) is 31.2 Å². The predicted molar refractivity (Wildman–Crippen MR) is 95.7 cm³/mol. The molecular weight excluding hydrogens is 381 g/mol. The van der Waals surface area contributed by atoms with Gasteiger partial charge >= 0.3 is 6.18 Å². The molecule has 1 saturated carbocycles. The summed E-state index contributed by atoms with van der Waals surface area (Å²) in [4.78, 5) is 7.70. The summed E-state index contributed by atoms with van der Waals surface area (Å²) in [6.45, 7) is 5.44. The van der Waals surface area contributed by atoms with E-state index in [-0.39, 0.29) is 36.4 Å². The van der Waals surface area contributed by atoms with E-state index in [0.29, 0.717) is 0 Å². The van der Waals surface area contributed by atoms with Gasteiger partial charge in [-0.3, -0.25) is 0 Å². The molecule has 0 spiro atoms. The number of benzene rings is 1. The molecule has 3 rings (SSSR count). The van der Waals surface area contributed by atoms with Crippen LogP contribution in [-0.4, -0.2) is 22.8 Å². The Morgan fingerprint density at radius 2 is 1.89 bits per heavy atom. The molecule has 1 aromatic heterocycles. The molecule has 0 amide bonds. The van der Waals surface area contributed by atoms with E-state index in [2.05, 4.69) is 16.5 Å². The molecule has 4 nitrogen and oxygen atoms in total. The van der Waals surface area contributed by atoms with Crippen molar-refractivity contribution in [3.8, 4) is 11.6 Å². The standard InChI is InChI=1S/C19H18ClF3N2O2/c1-12(2)14-5-3-13(4-6-14)10-26-16-15(9-24-17(20)25-16)27-11-18(7-8-18)19(21,22)23/h3-6,9H,1,7-8,10-11H2,2H3. The van der Waals surface area contributed by atoms with E-state index in [4.69, 9.17) is 21.1 Å². The number of rotatable bonds is 7. The monoisotopic (exact) mass is 398 g/mol. The first-order chi connectivity index (χ1) is 12.7. The Morgan fingerprint density at radius 1 is 1.22 bits per heavy atom. The van der Waals surface area contributed by atoms with Gasteiger partial charge in [-0.1, -0.05) is 36.4 Å². The normalized spacial score (nSPS) is 15.3. The Bertz CT molecular complexity index is 834. The molecule has 1 aliphatic rings. The first kappa shape index (κ1) is 19.5. The molecule has 0 radical (unpaired) electrons. The number of hydrogen-bond acceptors (Lipinski definition) is 4. The van der Waals surface area contributed by atoms with Crippen molar-refractivity contribution in [2.45, 2.75) is 32.5 Å². The van der Waals surface area contributed by atoms with Crippen molar-refractivity contribution in [1.29, 1.82) is 0 Å². The van der Waals surface area contributed by atoms with Crippen molar-refractivity contribution in [3.63, 3.8) is 0 Å². The maximum atomic E-state index is 13.1. The van der Waals surface area contributed by atoms with Gasteiger partial charge in [-0.2, -0.15) is 18.2 Å². The molecule has 0 saturated heterocycles. The maximum absolute atomic E-state index is 13.1. The SMILES string of the molecule is C=C(C)c1ccc(COc2nc(Cl)ncc2OCC2(C(F)(F)F)CC2)cc1. The third-order valence-corrected chi connectivity index (χ3v) is 4.66. The van der Waals surface area contributed by atoms with Gasteiger partial charge in [0.2, 0.25) is 5.28 Å². The van der Waals surface area contributed by atoms with Gasteiger partial charge in [-0.05, 0) is 42.5 Å². The van der Waals surface area contributed by atoms with Crippen LogP contribution in [0.15, 0.2) is 37.0 Å². The molecule has 1 fully saturated rings. The zero-order valence-corrected chi connectivity index (χ0v) is 15.4. The number of ether oxygens (including phenoxy) is 2. The highest BCUT2D eigenvalue weighted by molar-refractivity contribution is 6.28. The van der Waals surface area contributed by atoms with Crippen molar-refractivity contribution in [1.82, 2.24) is 9.97 Å². The summed E-state index contributed by atoms with van der Waals surface area (Å²) < 4.78 is 50.1. The van der Waals surface area contributed by atoms with E-state index in [0.717, 1.165) is 16.7 Å². The minimum absolute atomic E-state index is 0.0111. The molecule has 1 heterocycles. The third-order valence-electron chi connectivity index (χ3n) is 4.47. The Labute approximate surface area is 160 Å². The van der Waals surface area contributed by atoms with Crippen LogP contribution in [0.3, 0.4) is 0 Å². The average molecular weight is 399 g/mol. The predicted octanol–water partition coefficient (Wildman–Crippen LogP) is 5.46. The second-order valence-electron chi connectivity index (χ2n) is 6.64. The average Bonchev–Trinajstić information content (AvgIpc) is 3.40. The molecule has 0 bridgehead atoms. The van der Waals surface area contributed by atoms with Crippen LogP contribution in [0.4, 0.5) is 13.2 Å². The fourth-order valence-electron chi connectivity index (χ4n) is 2.45. The van der Waals surface area contributed by atoms with Gasteiger partial charge in [0.15, 0.2) is 5.75 Å². The molecule has 2 aromatic rings. The summed E-state index contributed by atoms with van der Waals surface area (Å²) in [7, 11) is 0. The topological polar surface area (TPSA) is 44.2 Å². The number of allylic oxidation sites excluding steroid dienone is 1. The van der Waals surface area contributed by atoms with Gasteiger partial charge in [-0.25, -0.2) is 4.98 Å². The zero-order chi connectivity index (χ0) is 19.7. The number of halogens is 4. The number of hydrogen-bond donors (Lipinski definition) is 0. The van der Waals surface area contributed by atoms with Crippen molar-refractivity contribution in [2.75, 3.05) is 6.61 Å². The first-order valence-electron chi connectivity index (χ1n) is 8.30. The lowest BCUT2D eigenvalue weighted by atomic mass is 10.1. The highest BCUT2D eigenvalue weighted by Gasteiger charge is 2.64. The molecule has 0 N–H and O–H groups in total. The summed E-state index contributed by atoms with van der Waals surface area (Å²) in [5, 5.41) is -0.0769. The molecule has 1 aliphatic carbocycles. The van der Waals surface area contributed by atoms with Crippen LogP contribution in [0.25, 0.3) is 5.57 Å². The minimum atomic E-state index is -4.30. The van der Waals surface area contributed by atoms with E-state index >= 15 is 0 Å². The van der Waals surface area contributed by atoms with Gasteiger partial charge in [0, 0.05) is 0 Å². The largest absolute Gasteiger partial charge is 0.486 e. The summed E-state index contributed by atoms with van der Waals surface area (Å²) in [6, 6.07) is 7.56. The van der Waals surface area contributed by atoms with E-state index in [1.54, 1.807) is 0 Å². The fraction of sp³-hybridized carbons (Fsp3) is 0.368. The lowest BCUT2D eigenvalue weighted by Crippen LogP contribution is -2.30. The van der Waals surface area contributed by atoms with Crippen LogP contribution >= 0.6 is 11.6 Å². The Kier molecular flexibility index (Phi) is 5.33. The van der Waals surface area contributed by atoms with Crippen molar-refractivity contribution < 1.29 is 22.6 Å². The fourth-order valence-corrected chi connectivity index (χ4v) is 2.58. The van der Waals surface area contributed by atoms with Crippen LogP contribution in [0.5, 0.6) is 11.6 Å². The van der Waals surface area contributed by atoms with Crippen molar-refractivity contribution >= 4 is 17.2 Å². The molecule has 0 atom stereocenters. The van der Waals surface area contributed by atoms with E-state index in [1.165, 1.54) is 6.20 Å². The number of alkyl halides is 3. The van der Waals surface area contributed by atoms with Gasteiger partial charge in [-0.15, -0.1) is 0 Å². The second-order valence-corrected chi connectivity index (χ2v) is 6.98. The van der Waals surface area contributed by atoms with Crippen LogP contribution in [0, 0.1) is 5.41 Å². The quantitative estimate of drug-likeness (QED) is 0.580. The van der Waals surface area contributed by atoms with E-state index < -0.39 is 18.2 Å². The molecule has 0 aliphatic heterocycles. The number of aromatic nitrogens is 2. The van der Waals surface area contributed by atoms with Crippen LogP contribution < -0.4 is 9.47 Å². The Hall–Kier alpha value is -2.28. The van der Waals surface area contributed by atoms with Gasteiger partial charge in [0.05, 0.1) is 6.20 Å². The van der Waals surface area contributed by atoms with Crippen LogP contribution in [0.2, 0.25) is 5.28 Å². The zero-order valence-electron chi connectivity index (χ0n) is 14.6. The van der Waals surface area contributed by atoms with Crippen molar-refractivity contribution in [2.24, 2.45) is 5.41 Å². The highest BCUT2D eigenvalue weighted by Crippen LogP contribution is 2.57. The van der Waals surface area contributed by atoms with Gasteiger partial charge in [0.25, 0.3) is 5.88 Å². The van der Waals surface area contributed by atoms with Gasteiger partial charge < -0.3 is 9.47 Å². The lowest BCUT2D eigenvalue weighted by Gasteiger charge is -2.20. The van der Waals surface area contributed by atoms with E-state index in [9.17, 15) is 13.2 Å². The van der Waals surface area contributed by atoms with Crippen LogP contribution in [0.1, 0.15) is 30.9 Å². The summed E-state index contributed by atoms with van der Waals surface area (Å²) in [5.41, 5.74) is 1.02. The second kappa shape index (κ2) is 7.38. The molecule has 27 heavy (non-hydrogen) atoms. The van der Waals surface area contributed by atoms with Gasteiger partial charge in [0.1, 0.15) is 18.6 Å². The molecule has 144 valence electrons. The summed E-state index contributed by atoms with van der Waals surface area (Å²) >= 11 is 5.78. The molecular formula is C19H18ClF3N2O2. The lowest BCUT2D eigenvalue weighted by molar-refractivity contribution is -0.194. The molecule has 1 aromatic carbocycles. The molecule has 0 unspecified atom stereocenters. The smallest absolute Gasteiger partial charge is 0.397 e. The van der Waals surface area contributed by atoms with Crippen molar-refractivity contribution in [3.05, 3.63) is 53.5 Å². The molecule has 8 heteroatoms. The third kappa shape index (κ3) is 4.53. The minimum Gasteiger partial charge on any atom is -0.486 e. The Morgan fingerprint density at radius 3 is 2.44 bits per heavy atom. The number of nitrogens with zero attached hydrogens (tertiary/aromatic N) is 2. The Balaban J connectivity index is 1.68.